The van der Waals surface area contributed by atoms with Crippen molar-refractivity contribution in [2.45, 2.75) is 0 Å². The lowest BCUT2D eigenvalue weighted by molar-refractivity contribution is -0.383. The molecule has 0 saturated carbocycles. The van der Waals surface area contributed by atoms with E-state index in [1.807, 2.05) is 5.01 Å². The fourth-order valence-electron chi connectivity index (χ4n) is 2.99. The molecule has 0 spiro atoms. The number of hydrazine groups is 1. The van der Waals surface area contributed by atoms with Gasteiger partial charge in [0.05, 0.1) is 18.1 Å². The second kappa shape index (κ2) is 9.03. The molecule has 11 nitrogen and oxygen atoms in total. The molecule has 2 N–H and O–H groups in total. The van der Waals surface area contributed by atoms with E-state index in [9.17, 15) is 10.1 Å². The van der Waals surface area contributed by atoms with Crippen LogP contribution in [0.3, 0.4) is 0 Å². The highest BCUT2D eigenvalue weighted by Gasteiger charge is 2.25. The Bertz CT molecular complexity index is 603. The van der Waals surface area contributed by atoms with Gasteiger partial charge < -0.3 is 15.0 Å². The summed E-state index contributed by atoms with van der Waals surface area (Å²) in [5.41, 5.74) is 2.96. The summed E-state index contributed by atoms with van der Waals surface area (Å²) in [5.74, 6) is 0.471. The zero-order valence-corrected chi connectivity index (χ0v) is 15.1. The predicted octanol–water partition coefficient (Wildman–Crippen LogP) is -0.297. The Morgan fingerprint density at radius 2 is 1.85 bits per heavy atom. The normalized spacial score (nSPS) is 20.0. The molecule has 26 heavy (non-hydrogen) atoms. The average Bonchev–Trinajstić information content (AvgIpc) is 2.64. The molecule has 3 heterocycles. The van der Waals surface area contributed by atoms with Gasteiger partial charge in [-0.1, -0.05) is 0 Å². The largest absolute Gasteiger partial charge is 0.379 e. The number of piperazine rings is 1. The molecule has 2 fully saturated rings. The van der Waals surface area contributed by atoms with Crippen molar-refractivity contribution in [2.24, 2.45) is 0 Å². The van der Waals surface area contributed by atoms with Gasteiger partial charge in [-0.25, -0.2) is 15.0 Å². The number of likely N-dealkylation sites (N-methyl/N-ethyl adjacent to an activating group) is 1. The molecule has 0 unspecified atom stereocenters. The van der Waals surface area contributed by atoms with Gasteiger partial charge >= 0.3 is 5.69 Å². The van der Waals surface area contributed by atoms with Crippen LogP contribution in [0.2, 0.25) is 0 Å². The minimum absolute atomic E-state index is 0.117. The molecule has 2 saturated heterocycles. The van der Waals surface area contributed by atoms with Gasteiger partial charge in [0.25, 0.3) is 0 Å². The lowest BCUT2D eigenvalue weighted by Crippen LogP contribution is -2.47. The molecule has 0 radical (unpaired) electrons. The van der Waals surface area contributed by atoms with Gasteiger partial charge in [0.2, 0.25) is 11.6 Å². The summed E-state index contributed by atoms with van der Waals surface area (Å²) in [4.78, 5) is 23.8. The molecular formula is C15H26N8O3. The molecule has 0 aromatic carbocycles. The smallest absolute Gasteiger partial charge is 0.354 e. The SMILES string of the molecule is CN1CCN(Nc2ncnc(NCCN3CCOCC3)c2[N+](=O)[O-])CC1. The third kappa shape index (κ3) is 4.97. The van der Waals surface area contributed by atoms with Gasteiger partial charge in [-0.15, -0.1) is 0 Å². The molecule has 1 aromatic heterocycles. The number of rotatable bonds is 7. The number of hydrogen-bond acceptors (Lipinski definition) is 10. The third-order valence-corrected chi connectivity index (χ3v) is 4.60. The van der Waals surface area contributed by atoms with Crippen molar-refractivity contribution in [3.8, 4) is 0 Å². The van der Waals surface area contributed by atoms with E-state index < -0.39 is 4.92 Å². The zero-order valence-electron chi connectivity index (χ0n) is 15.1. The van der Waals surface area contributed by atoms with Gasteiger partial charge in [-0.05, 0) is 7.05 Å². The number of ether oxygens (including phenoxy) is 1. The Balaban J connectivity index is 1.62. The Hall–Kier alpha value is -2.08. The first-order chi connectivity index (χ1) is 12.6. The van der Waals surface area contributed by atoms with Crippen LogP contribution >= 0.6 is 0 Å². The highest BCUT2D eigenvalue weighted by Crippen LogP contribution is 2.29. The summed E-state index contributed by atoms with van der Waals surface area (Å²) in [6.07, 6.45) is 1.35. The first kappa shape index (κ1) is 18.7. The fourth-order valence-corrected chi connectivity index (χ4v) is 2.99. The van der Waals surface area contributed by atoms with Gasteiger partial charge in [-0.3, -0.25) is 20.4 Å². The first-order valence-electron chi connectivity index (χ1n) is 8.87. The quantitative estimate of drug-likeness (QED) is 0.493. The monoisotopic (exact) mass is 366 g/mol. The summed E-state index contributed by atoms with van der Waals surface area (Å²) in [5, 5.41) is 16.6. The van der Waals surface area contributed by atoms with E-state index >= 15 is 0 Å². The number of anilines is 2. The molecule has 2 aliphatic heterocycles. The lowest BCUT2D eigenvalue weighted by atomic mass is 10.3. The van der Waals surface area contributed by atoms with E-state index in [2.05, 4.69) is 37.6 Å². The van der Waals surface area contributed by atoms with Crippen LogP contribution in [0.1, 0.15) is 0 Å². The molecule has 1 aromatic rings. The highest BCUT2D eigenvalue weighted by molar-refractivity contribution is 5.68. The Morgan fingerprint density at radius 3 is 2.54 bits per heavy atom. The van der Waals surface area contributed by atoms with Crippen molar-refractivity contribution in [3.05, 3.63) is 16.4 Å². The van der Waals surface area contributed by atoms with Gasteiger partial charge in [0.15, 0.2) is 0 Å². The predicted molar refractivity (Wildman–Crippen MR) is 97.1 cm³/mol. The minimum atomic E-state index is -0.435. The summed E-state index contributed by atoms with van der Waals surface area (Å²) >= 11 is 0. The standard InChI is InChI=1S/C15H26N8O3/c1-20-4-6-22(7-5-20)19-15-13(23(24)25)14(17-12-18-15)16-2-3-21-8-10-26-11-9-21/h12H,2-11H2,1H3,(H2,16,17,18,19). The maximum atomic E-state index is 11.6. The number of nitrogens with zero attached hydrogens (tertiary/aromatic N) is 6. The van der Waals surface area contributed by atoms with Crippen molar-refractivity contribution in [1.82, 2.24) is 24.8 Å². The van der Waals surface area contributed by atoms with E-state index in [0.29, 0.717) is 6.54 Å². The van der Waals surface area contributed by atoms with Crippen LogP contribution in [-0.4, -0.2) is 102 Å². The van der Waals surface area contributed by atoms with Gasteiger partial charge in [-0.2, -0.15) is 0 Å². The van der Waals surface area contributed by atoms with E-state index in [0.717, 1.165) is 59.0 Å². The Kier molecular flexibility index (Phi) is 6.50. The van der Waals surface area contributed by atoms with Crippen molar-refractivity contribution in [1.29, 1.82) is 0 Å². The van der Waals surface area contributed by atoms with E-state index in [-0.39, 0.29) is 17.3 Å². The number of nitro groups is 1. The molecule has 0 amide bonds. The topological polar surface area (TPSA) is 112 Å². The summed E-state index contributed by atoms with van der Waals surface area (Å²) in [6, 6.07) is 0. The minimum Gasteiger partial charge on any atom is -0.379 e. The average molecular weight is 366 g/mol. The molecule has 0 aliphatic carbocycles. The Labute approximate surface area is 152 Å². The van der Waals surface area contributed by atoms with Crippen LogP contribution < -0.4 is 10.7 Å². The molecule has 3 rings (SSSR count). The van der Waals surface area contributed by atoms with Gasteiger partial charge in [0, 0.05) is 52.4 Å². The van der Waals surface area contributed by atoms with Crippen LogP contribution in [-0.2, 0) is 4.74 Å². The molecule has 2 aliphatic rings. The van der Waals surface area contributed by atoms with Crippen LogP contribution in [0, 0.1) is 10.1 Å². The van der Waals surface area contributed by atoms with E-state index in [4.69, 9.17) is 4.74 Å². The Morgan fingerprint density at radius 1 is 1.15 bits per heavy atom. The van der Waals surface area contributed by atoms with Crippen molar-refractivity contribution in [2.75, 3.05) is 83.4 Å². The molecular weight excluding hydrogens is 340 g/mol. The van der Waals surface area contributed by atoms with Crippen molar-refractivity contribution in [3.63, 3.8) is 0 Å². The van der Waals surface area contributed by atoms with Crippen LogP contribution in [0.15, 0.2) is 6.33 Å². The maximum Gasteiger partial charge on any atom is 0.354 e. The second-order valence-corrected chi connectivity index (χ2v) is 6.46. The zero-order chi connectivity index (χ0) is 18.4. The summed E-state index contributed by atoms with van der Waals surface area (Å²) < 4.78 is 5.32. The van der Waals surface area contributed by atoms with E-state index in [1.54, 1.807) is 0 Å². The fraction of sp³-hybridized carbons (Fsp3) is 0.733. The number of hydrogen-bond donors (Lipinski definition) is 2. The third-order valence-electron chi connectivity index (χ3n) is 4.60. The van der Waals surface area contributed by atoms with Crippen LogP contribution in [0.4, 0.5) is 17.3 Å². The number of nitrogens with one attached hydrogen (secondary N) is 2. The summed E-state index contributed by atoms with van der Waals surface area (Å²) in [6.45, 7) is 7.92. The van der Waals surface area contributed by atoms with Crippen molar-refractivity contribution >= 4 is 17.3 Å². The first-order valence-corrected chi connectivity index (χ1v) is 8.87. The second-order valence-electron chi connectivity index (χ2n) is 6.46. The lowest BCUT2D eigenvalue weighted by Gasteiger charge is -2.32. The molecule has 144 valence electrons. The van der Waals surface area contributed by atoms with Crippen LogP contribution in [0.5, 0.6) is 0 Å². The number of morpholine rings is 1. The summed E-state index contributed by atoms with van der Waals surface area (Å²) in [7, 11) is 2.06. The molecule has 0 atom stereocenters. The maximum absolute atomic E-state index is 11.6. The van der Waals surface area contributed by atoms with Crippen molar-refractivity contribution < 1.29 is 9.66 Å². The number of aromatic nitrogens is 2. The molecule has 0 bridgehead atoms. The highest BCUT2D eigenvalue weighted by atomic mass is 16.6. The van der Waals surface area contributed by atoms with E-state index in [1.165, 1.54) is 6.33 Å². The van der Waals surface area contributed by atoms with Crippen LogP contribution in [0.25, 0.3) is 0 Å². The van der Waals surface area contributed by atoms with Gasteiger partial charge in [0.1, 0.15) is 6.33 Å². The molecule has 11 heteroatoms.